The largest absolute Gasteiger partial charge is 0.374 e. The second-order valence-electron chi connectivity index (χ2n) is 8.06. The number of alkyl halides is 2. The highest BCUT2D eigenvalue weighted by molar-refractivity contribution is 6.50. The molecule has 2 heterocycles. The number of rotatable bonds is 8. The topological polar surface area (TPSA) is 143 Å². The maximum Gasteiger partial charge on any atom is 0.313 e. The van der Waals surface area contributed by atoms with Gasteiger partial charge in [0.05, 0.1) is 23.5 Å². The van der Waals surface area contributed by atoms with Crippen molar-refractivity contribution in [2.75, 3.05) is 25.0 Å². The van der Waals surface area contributed by atoms with Gasteiger partial charge in [-0.1, -0.05) is 0 Å². The number of carbonyl (C=O) groups is 3. The fourth-order valence-corrected chi connectivity index (χ4v) is 4.36. The summed E-state index contributed by atoms with van der Waals surface area (Å²) < 4.78 is -0.760. The average molecular weight is 470 g/mol. The number of likely N-dealkylation sites (tertiary alicyclic amines) is 1. The van der Waals surface area contributed by atoms with Gasteiger partial charge in [0.25, 0.3) is 5.71 Å². The number of primary amides is 1. The van der Waals surface area contributed by atoms with Gasteiger partial charge in [-0.3, -0.25) is 19.4 Å². The van der Waals surface area contributed by atoms with E-state index >= 15 is 0 Å². The predicted molar refractivity (Wildman–Crippen MR) is 118 cm³/mol. The van der Waals surface area contributed by atoms with Crippen LogP contribution in [0, 0.1) is 19.8 Å². The SMILES string of the molecule is Cc1cc(C(=[NH2+])C(N)=O)c(NCC(=O)N2CCC[C@H]2C(=O)NC[C@H]2CC2(Cl)Cl)c(C)n1. The summed E-state index contributed by atoms with van der Waals surface area (Å²) in [5, 5.41) is 11.7. The molecule has 3 rings (SSSR count). The molecule has 0 bridgehead atoms. The molecule has 0 aromatic carbocycles. The van der Waals surface area contributed by atoms with Crippen molar-refractivity contribution in [3.63, 3.8) is 0 Å². The standard InChI is InChI=1S/C20H26Cl2N6O3/c1-10-6-13(16(23)18(24)30)17(11(2)27-10)25-9-15(29)28-5-3-4-14(28)19(31)26-8-12-7-20(12,21)22/h6,12,14,23,25H,3-5,7-9H2,1-2H3,(H2,24,30)(H,26,31)/p+1/t12-,14+/m1/s1. The van der Waals surface area contributed by atoms with E-state index in [1.807, 2.05) is 0 Å². The summed E-state index contributed by atoms with van der Waals surface area (Å²) in [5.41, 5.74) is 7.32. The third kappa shape index (κ3) is 5.27. The van der Waals surface area contributed by atoms with E-state index in [0.717, 1.165) is 6.42 Å². The summed E-state index contributed by atoms with van der Waals surface area (Å²) in [6.07, 6.45) is 1.97. The molecule has 2 aliphatic rings. The second-order valence-corrected chi connectivity index (χ2v) is 9.60. The number of nitrogens with zero attached hydrogens (tertiary/aromatic N) is 2. The molecule has 1 aliphatic carbocycles. The molecule has 0 unspecified atom stereocenters. The third-order valence-corrected chi connectivity index (χ3v) is 6.58. The van der Waals surface area contributed by atoms with E-state index in [0.29, 0.717) is 48.6 Å². The van der Waals surface area contributed by atoms with Gasteiger partial charge in [-0.15, -0.1) is 23.2 Å². The Morgan fingerprint density at radius 1 is 1.35 bits per heavy atom. The highest BCUT2D eigenvalue weighted by atomic mass is 35.5. The second kappa shape index (κ2) is 9.00. The van der Waals surface area contributed by atoms with Crippen LogP contribution in [-0.4, -0.2) is 63.3 Å². The van der Waals surface area contributed by atoms with Gasteiger partial charge in [-0.2, -0.15) is 0 Å². The molecule has 0 spiro atoms. The number of hydrogen-bond donors (Lipinski definition) is 4. The van der Waals surface area contributed by atoms with Crippen molar-refractivity contribution >= 4 is 52.3 Å². The Morgan fingerprint density at radius 3 is 2.65 bits per heavy atom. The fourth-order valence-electron chi connectivity index (χ4n) is 3.83. The van der Waals surface area contributed by atoms with Crippen LogP contribution in [0.25, 0.3) is 0 Å². The van der Waals surface area contributed by atoms with E-state index in [2.05, 4.69) is 15.6 Å². The van der Waals surface area contributed by atoms with Crippen molar-refractivity contribution in [2.24, 2.45) is 11.7 Å². The Labute approximate surface area is 190 Å². The number of anilines is 1. The fraction of sp³-hybridized carbons (Fsp3) is 0.550. The van der Waals surface area contributed by atoms with Crippen LogP contribution in [0.5, 0.6) is 0 Å². The van der Waals surface area contributed by atoms with Gasteiger partial charge in [0, 0.05) is 24.7 Å². The molecule has 6 N–H and O–H groups in total. The lowest BCUT2D eigenvalue weighted by molar-refractivity contribution is -0.137. The lowest BCUT2D eigenvalue weighted by Gasteiger charge is -2.25. The quantitative estimate of drug-likeness (QED) is 0.298. The minimum absolute atomic E-state index is 0.0365. The first kappa shape index (κ1) is 23.3. The minimum Gasteiger partial charge on any atom is -0.374 e. The van der Waals surface area contributed by atoms with Crippen molar-refractivity contribution in [3.8, 4) is 0 Å². The van der Waals surface area contributed by atoms with Crippen molar-refractivity contribution < 1.29 is 19.8 Å². The summed E-state index contributed by atoms with van der Waals surface area (Å²) in [6, 6.07) is 1.10. The van der Waals surface area contributed by atoms with Crippen LogP contribution in [0.2, 0.25) is 0 Å². The summed E-state index contributed by atoms with van der Waals surface area (Å²) in [5.74, 6) is -1.17. The first-order valence-corrected chi connectivity index (χ1v) is 10.9. The van der Waals surface area contributed by atoms with E-state index in [9.17, 15) is 14.4 Å². The zero-order valence-electron chi connectivity index (χ0n) is 17.5. The number of halogens is 2. The maximum atomic E-state index is 12.9. The molecule has 168 valence electrons. The van der Waals surface area contributed by atoms with E-state index in [1.165, 1.54) is 0 Å². The van der Waals surface area contributed by atoms with E-state index in [-0.39, 0.29) is 30.0 Å². The summed E-state index contributed by atoms with van der Waals surface area (Å²) in [6.45, 7) is 4.32. The van der Waals surface area contributed by atoms with Gasteiger partial charge in [0.2, 0.25) is 11.8 Å². The summed E-state index contributed by atoms with van der Waals surface area (Å²) >= 11 is 12.0. The lowest BCUT2D eigenvalue weighted by atomic mass is 10.1. The Balaban J connectivity index is 1.64. The molecule has 1 saturated carbocycles. The van der Waals surface area contributed by atoms with Crippen molar-refractivity contribution in [1.82, 2.24) is 15.2 Å². The van der Waals surface area contributed by atoms with Gasteiger partial charge < -0.3 is 21.3 Å². The van der Waals surface area contributed by atoms with Crippen molar-refractivity contribution in [2.45, 2.75) is 43.5 Å². The molecule has 1 aromatic heterocycles. The summed E-state index contributed by atoms with van der Waals surface area (Å²) in [4.78, 5) is 43.0. The number of aromatic nitrogens is 1. The zero-order chi connectivity index (χ0) is 22.9. The molecule has 0 radical (unpaired) electrons. The van der Waals surface area contributed by atoms with Gasteiger partial charge in [-0.05, 0) is 39.2 Å². The molecule has 31 heavy (non-hydrogen) atoms. The number of carbonyl (C=O) groups excluding carboxylic acids is 3. The van der Waals surface area contributed by atoms with Gasteiger partial charge >= 0.3 is 5.91 Å². The van der Waals surface area contributed by atoms with Crippen LogP contribution >= 0.6 is 23.2 Å². The molecular weight excluding hydrogens is 443 g/mol. The number of pyridine rings is 1. The van der Waals surface area contributed by atoms with Crippen LogP contribution in [0.15, 0.2) is 6.07 Å². The lowest BCUT2D eigenvalue weighted by Crippen LogP contribution is -2.49. The number of hydrogen-bond acceptors (Lipinski definition) is 5. The van der Waals surface area contributed by atoms with E-state index in [1.54, 1.807) is 24.8 Å². The van der Waals surface area contributed by atoms with E-state index in [4.69, 9.17) is 34.3 Å². The predicted octanol–water partition coefficient (Wildman–Crippen LogP) is -0.555. The highest BCUT2D eigenvalue weighted by Gasteiger charge is 2.51. The zero-order valence-corrected chi connectivity index (χ0v) is 19.0. The summed E-state index contributed by atoms with van der Waals surface area (Å²) in [7, 11) is 0. The van der Waals surface area contributed by atoms with Crippen LogP contribution in [0.1, 0.15) is 36.2 Å². The van der Waals surface area contributed by atoms with Crippen molar-refractivity contribution in [1.29, 1.82) is 0 Å². The number of nitrogens with two attached hydrogens (primary N) is 2. The molecule has 1 aliphatic heterocycles. The molecule has 1 aromatic rings. The van der Waals surface area contributed by atoms with Gasteiger partial charge in [0.1, 0.15) is 10.4 Å². The highest BCUT2D eigenvalue weighted by Crippen LogP contribution is 2.52. The molecule has 3 amide bonds. The molecule has 2 fully saturated rings. The first-order chi connectivity index (χ1) is 14.5. The third-order valence-electron chi connectivity index (χ3n) is 5.65. The van der Waals surface area contributed by atoms with E-state index < -0.39 is 16.3 Å². The van der Waals surface area contributed by atoms with Crippen LogP contribution in [0.3, 0.4) is 0 Å². The van der Waals surface area contributed by atoms with Gasteiger partial charge in [0.15, 0.2) is 0 Å². The van der Waals surface area contributed by atoms with Crippen molar-refractivity contribution in [3.05, 3.63) is 23.0 Å². The maximum absolute atomic E-state index is 12.9. The molecule has 1 saturated heterocycles. The van der Waals surface area contributed by atoms with Crippen LogP contribution < -0.4 is 21.8 Å². The molecule has 9 nitrogen and oxygen atoms in total. The number of aryl methyl sites for hydroxylation is 2. The molecule has 11 heteroatoms. The Morgan fingerprint density at radius 2 is 2.03 bits per heavy atom. The van der Waals surface area contributed by atoms with Crippen LogP contribution in [-0.2, 0) is 14.4 Å². The number of amides is 3. The minimum atomic E-state index is -0.760. The van der Waals surface area contributed by atoms with Gasteiger partial charge in [-0.25, -0.2) is 5.41 Å². The Kier molecular flexibility index (Phi) is 6.76. The molecular formula is C20H27Cl2N6O3+. The Hall–Kier alpha value is -2.39. The smallest absolute Gasteiger partial charge is 0.313 e. The Bertz CT molecular complexity index is 936. The normalized spacial score (nSPS) is 21.5. The monoisotopic (exact) mass is 469 g/mol. The van der Waals surface area contributed by atoms with Crippen LogP contribution in [0.4, 0.5) is 5.69 Å². The first-order valence-electron chi connectivity index (χ1n) is 10.1. The molecule has 2 atom stereocenters. The number of nitrogens with one attached hydrogen (secondary N) is 2. The average Bonchev–Trinajstić information content (AvgIpc) is 3.08.